The molecule has 0 fully saturated rings. The number of hydrogen-bond donors (Lipinski definition) is 2. The molecule has 170 valence electrons. The highest BCUT2D eigenvalue weighted by molar-refractivity contribution is 7.10. The van der Waals surface area contributed by atoms with Gasteiger partial charge in [0, 0.05) is 53.9 Å². The second-order valence-electron chi connectivity index (χ2n) is 8.11. The Balaban J connectivity index is 1.43. The summed E-state index contributed by atoms with van der Waals surface area (Å²) in [6.07, 6.45) is -0.456. The summed E-state index contributed by atoms with van der Waals surface area (Å²) in [7, 11) is 0. The maximum Gasteiger partial charge on any atom is 0.401 e. The Morgan fingerprint density at radius 3 is 2.72 bits per heavy atom. The topological polar surface area (TPSA) is 110 Å². The van der Waals surface area contributed by atoms with Gasteiger partial charge in [-0.2, -0.15) is 13.2 Å². The first-order chi connectivity index (χ1) is 15.0. The van der Waals surface area contributed by atoms with Crippen molar-refractivity contribution >= 4 is 29.0 Å². The van der Waals surface area contributed by atoms with E-state index in [1.54, 1.807) is 17.8 Å². The number of nitrogens with two attached hydrogens (primary N) is 1. The van der Waals surface area contributed by atoms with Crippen LogP contribution >= 0.6 is 11.3 Å². The zero-order valence-electron chi connectivity index (χ0n) is 17.4. The fraction of sp³-hybridized carbons (Fsp3) is 0.400. The Labute approximate surface area is 185 Å². The minimum atomic E-state index is -4.51. The van der Waals surface area contributed by atoms with Crippen LogP contribution in [0.4, 0.5) is 24.9 Å². The Kier molecular flexibility index (Phi) is 5.67. The highest BCUT2D eigenvalue weighted by atomic mass is 32.1. The summed E-state index contributed by atoms with van der Waals surface area (Å²) in [5.74, 6) is -0.615. The second kappa shape index (κ2) is 8.17. The summed E-state index contributed by atoms with van der Waals surface area (Å²) < 4.78 is 44.5. The molecule has 3 aromatic heterocycles. The lowest BCUT2D eigenvalue weighted by Crippen LogP contribution is -2.35. The van der Waals surface area contributed by atoms with Crippen molar-refractivity contribution in [1.29, 1.82) is 0 Å². The van der Waals surface area contributed by atoms with E-state index in [-0.39, 0.29) is 17.5 Å². The van der Waals surface area contributed by atoms with Gasteiger partial charge in [0.05, 0.1) is 5.56 Å². The summed E-state index contributed by atoms with van der Waals surface area (Å²) in [6, 6.07) is 1.11. The number of thiophene rings is 1. The maximum absolute atomic E-state index is 13.2. The van der Waals surface area contributed by atoms with Crippen molar-refractivity contribution in [3.05, 3.63) is 51.2 Å². The van der Waals surface area contributed by atoms with Gasteiger partial charge in [0.1, 0.15) is 5.41 Å². The highest BCUT2D eigenvalue weighted by Crippen LogP contribution is 2.41. The van der Waals surface area contributed by atoms with E-state index >= 15 is 0 Å². The monoisotopic (exact) mass is 466 g/mol. The third-order valence-electron chi connectivity index (χ3n) is 5.48. The number of nitrogens with zero attached hydrogens (tertiary/aromatic N) is 4. The van der Waals surface area contributed by atoms with E-state index < -0.39 is 17.5 Å². The molecule has 1 aliphatic rings. The lowest BCUT2D eigenvalue weighted by atomic mass is 9.89. The van der Waals surface area contributed by atoms with Crippen molar-refractivity contribution in [3.8, 4) is 0 Å². The van der Waals surface area contributed by atoms with Crippen LogP contribution in [0.2, 0.25) is 0 Å². The quantitative estimate of drug-likeness (QED) is 0.589. The number of halogens is 3. The summed E-state index contributed by atoms with van der Waals surface area (Å²) >= 11 is 1.47. The lowest BCUT2D eigenvalue weighted by molar-refractivity contribution is -0.185. The van der Waals surface area contributed by atoms with Gasteiger partial charge in [0.15, 0.2) is 11.6 Å². The molecule has 0 spiro atoms. The number of alkyl halides is 3. The Bertz CT molecular complexity index is 1120. The molecule has 4 rings (SSSR count). The van der Waals surface area contributed by atoms with Gasteiger partial charge >= 0.3 is 6.18 Å². The Morgan fingerprint density at radius 2 is 2.03 bits per heavy atom. The van der Waals surface area contributed by atoms with E-state index in [4.69, 9.17) is 10.3 Å². The Hall–Kier alpha value is -2.99. The van der Waals surface area contributed by atoms with Gasteiger partial charge in [0.2, 0.25) is 5.95 Å². The van der Waals surface area contributed by atoms with Crippen molar-refractivity contribution in [2.45, 2.75) is 44.9 Å². The van der Waals surface area contributed by atoms with Crippen molar-refractivity contribution in [2.24, 2.45) is 0 Å². The summed E-state index contributed by atoms with van der Waals surface area (Å²) in [5.41, 5.74) is 5.69. The maximum atomic E-state index is 13.2. The van der Waals surface area contributed by atoms with E-state index in [2.05, 4.69) is 25.3 Å². The molecular formula is C20H21F3N6O2S. The fourth-order valence-electron chi connectivity index (χ4n) is 3.36. The molecule has 8 nitrogen and oxygen atoms in total. The molecule has 0 unspecified atom stereocenters. The molecule has 1 aliphatic heterocycles. The fourth-order valence-corrected chi connectivity index (χ4v) is 4.48. The first kappa shape index (κ1) is 22.2. The average Bonchev–Trinajstić information content (AvgIpc) is 3.36. The van der Waals surface area contributed by atoms with E-state index in [1.165, 1.54) is 11.3 Å². The number of fused-ring (bicyclic) bond motifs is 1. The number of nitrogen functional groups attached to an aromatic ring is 1. The molecule has 1 amide bonds. The smallest absolute Gasteiger partial charge is 0.368 e. The number of nitrogens with one attached hydrogen (secondary N) is 1. The third kappa shape index (κ3) is 4.32. The van der Waals surface area contributed by atoms with Crippen molar-refractivity contribution in [3.63, 3.8) is 0 Å². The largest absolute Gasteiger partial charge is 0.401 e. The van der Waals surface area contributed by atoms with Crippen LogP contribution < -0.4 is 11.1 Å². The van der Waals surface area contributed by atoms with Crippen LogP contribution in [0.1, 0.15) is 46.0 Å². The van der Waals surface area contributed by atoms with Gasteiger partial charge < -0.3 is 15.6 Å². The standard InChI is InChI=1S/C20H21F3N6O2S/c1-19(2,20(21,22)23)15-5-16(28-31-15)27-17(30)13-10-32-14-9-29(4-3-12(13)14)8-11-6-25-18(24)26-7-11/h5-7,10H,3-4,8-9H2,1-2H3,(H2,24,25,26)(H,27,28,30). The normalized spacial score (nSPS) is 14.9. The molecule has 12 heteroatoms. The molecule has 4 heterocycles. The van der Waals surface area contributed by atoms with E-state index in [1.807, 2.05) is 0 Å². The number of carbonyl (C=O) groups is 1. The lowest BCUT2D eigenvalue weighted by Gasteiger charge is -2.27. The summed E-state index contributed by atoms with van der Waals surface area (Å²) in [6.45, 7) is 4.07. The van der Waals surface area contributed by atoms with E-state index in [0.29, 0.717) is 25.1 Å². The van der Waals surface area contributed by atoms with Gasteiger partial charge in [-0.05, 0) is 25.8 Å². The SMILES string of the molecule is CC(C)(c1cc(NC(=O)c2csc3c2CCN(Cc2cnc(N)nc2)C3)no1)C(F)(F)F. The second-order valence-corrected chi connectivity index (χ2v) is 9.08. The summed E-state index contributed by atoms with van der Waals surface area (Å²) in [4.78, 5) is 24.0. The van der Waals surface area contributed by atoms with Gasteiger partial charge in [-0.25, -0.2) is 9.97 Å². The molecule has 0 aromatic carbocycles. The van der Waals surface area contributed by atoms with Crippen molar-refractivity contribution < 1.29 is 22.5 Å². The van der Waals surface area contributed by atoms with Crippen LogP contribution in [0.25, 0.3) is 0 Å². The van der Waals surface area contributed by atoms with E-state index in [0.717, 1.165) is 42.5 Å². The van der Waals surface area contributed by atoms with Crippen LogP contribution in [0.3, 0.4) is 0 Å². The van der Waals surface area contributed by atoms with Crippen molar-refractivity contribution in [2.75, 3.05) is 17.6 Å². The molecular weight excluding hydrogens is 445 g/mol. The van der Waals surface area contributed by atoms with Crippen LogP contribution in [-0.4, -0.2) is 38.7 Å². The van der Waals surface area contributed by atoms with Crippen LogP contribution in [0, 0.1) is 0 Å². The predicted molar refractivity (Wildman–Crippen MR) is 112 cm³/mol. The molecule has 0 atom stereocenters. The number of rotatable bonds is 5. The number of hydrogen-bond acceptors (Lipinski definition) is 8. The molecule has 0 saturated heterocycles. The number of aromatic nitrogens is 3. The Morgan fingerprint density at radius 1 is 1.31 bits per heavy atom. The van der Waals surface area contributed by atoms with Gasteiger partial charge in [-0.1, -0.05) is 5.16 Å². The molecule has 0 radical (unpaired) electrons. The minimum Gasteiger partial charge on any atom is -0.368 e. The van der Waals surface area contributed by atoms with Crippen LogP contribution in [0.5, 0.6) is 0 Å². The average molecular weight is 466 g/mol. The predicted octanol–water partition coefficient (Wildman–Crippen LogP) is 3.76. The number of amides is 1. The molecule has 3 aromatic rings. The first-order valence-corrected chi connectivity index (χ1v) is 10.7. The van der Waals surface area contributed by atoms with Crippen LogP contribution in [-0.2, 0) is 24.9 Å². The minimum absolute atomic E-state index is 0.0527. The van der Waals surface area contributed by atoms with Gasteiger partial charge in [-0.15, -0.1) is 11.3 Å². The van der Waals surface area contributed by atoms with Gasteiger partial charge in [0.25, 0.3) is 5.91 Å². The zero-order chi connectivity index (χ0) is 23.1. The van der Waals surface area contributed by atoms with E-state index in [9.17, 15) is 18.0 Å². The number of anilines is 2. The molecule has 0 bridgehead atoms. The molecule has 3 N–H and O–H groups in total. The van der Waals surface area contributed by atoms with Crippen molar-refractivity contribution in [1.82, 2.24) is 20.0 Å². The molecule has 0 aliphatic carbocycles. The third-order valence-corrected chi connectivity index (χ3v) is 6.49. The zero-order valence-corrected chi connectivity index (χ0v) is 18.2. The molecule has 32 heavy (non-hydrogen) atoms. The van der Waals surface area contributed by atoms with Gasteiger partial charge in [-0.3, -0.25) is 9.69 Å². The highest BCUT2D eigenvalue weighted by Gasteiger charge is 2.51. The molecule has 0 saturated carbocycles. The summed E-state index contributed by atoms with van der Waals surface area (Å²) in [5, 5.41) is 7.90. The first-order valence-electron chi connectivity index (χ1n) is 9.78. The number of carbonyl (C=O) groups excluding carboxylic acids is 1. The van der Waals surface area contributed by atoms with Crippen LogP contribution in [0.15, 0.2) is 28.4 Å².